The normalized spacial score (nSPS) is 21.6. The molecule has 2 saturated heterocycles. The lowest BCUT2D eigenvalue weighted by atomic mass is 10.2. The maximum absolute atomic E-state index is 12.5. The number of likely N-dealkylation sites (N-methyl/N-ethyl adjacent to an activating group) is 1. The first-order valence-electron chi connectivity index (χ1n) is 7.94. The Balaban J connectivity index is 1.60. The van der Waals surface area contributed by atoms with Gasteiger partial charge in [-0.25, -0.2) is 4.79 Å². The lowest BCUT2D eigenvalue weighted by Crippen LogP contribution is -2.54. The van der Waals surface area contributed by atoms with Crippen molar-refractivity contribution in [2.45, 2.75) is 19.9 Å². The molecule has 2 aliphatic heterocycles. The summed E-state index contributed by atoms with van der Waals surface area (Å²) >= 11 is 0. The van der Waals surface area contributed by atoms with Crippen LogP contribution in [0.4, 0.5) is 10.5 Å². The van der Waals surface area contributed by atoms with E-state index in [1.807, 2.05) is 18.7 Å². The van der Waals surface area contributed by atoms with Crippen LogP contribution in [-0.4, -0.2) is 72.5 Å². The SMILES string of the molecule is Cc1cc(N2CCN(C(=O)[C@H]3CN(C)C(=O)N3)CC2)cc(C)n1. The molecule has 0 spiro atoms. The highest BCUT2D eigenvalue weighted by Gasteiger charge is 2.35. The van der Waals surface area contributed by atoms with E-state index in [1.54, 1.807) is 11.9 Å². The average Bonchev–Trinajstić information content (AvgIpc) is 2.85. The molecule has 0 saturated carbocycles. The van der Waals surface area contributed by atoms with Crippen molar-refractivity contribution < 1.29 is 9.59 Å². The van der Waals surface area contributed by atoms with E-state index < -0.39 is 6.04 Å². The first kappa shape index (κ1) is 15.6. The summed E-state index contributed by atoms with van der Waals surface area (Å²) in [6, 6.07) is 3.57. The molecule has 2 fully saturated rings. The molecule has 3 heterocycles. The highest BCUT2D eigenvalue weighted by molar-refractivity contribution is 5.90. The number of urea groups is 1. The Kier molecular flexibility index (Phi) is 4.11. The molecule has 0 radical (unpaired) electrons. The van der Waals surface area contributed by atoms with E-state index in [9.17, 15) is 9.59 Å². The van der Waals surface area contributed by atoms with Crippen molar-refractivity contribution in [1.29, 1.82) is 0 Å². The molecular weight excluding hydrogens is 294 g/mol. The van der Waals surface area contributed by atoms with Gasteiger partial charge in [0.2, 0.25) is 5.91 Å². The number of nitrogens with one attached hydrogen (secondary N) is 1. The van der Waals surface area contributed by atoms with Crippen molar-refractivity contribution in [3.63, 3.8) is 0 Å². The summed E-state index contributed by atoms with van der Waals surface area (Å²) < 4.78 is 0. The second kappa shape index (κ2) is 6.06. The molecule has 1 atom stereocenters. The Morgan fingerprint density at radius 2 is 1.78 bits per heavy atom. The van der Waals surface area contributed by atoms with Crippen LogP contribution in [0.3, 0.4) is 0 Å². The fraction of sp³-hybridized carbons (Fsp3) is 0.562. The molecule has 1 aromatic rings. The zero-order chi connectivity index (χ0) is 16.6. The molecule has 3 rings (SSSR count). The first-order valence-corrected chi connectivity index (χ1v) is 7.94. The number of piperazine rings is 1. The van der Waals surface area contributed by atoms with E-state index in [-0.39, 0.29) is 11.9 Å². The predicted molar refractivity (Wildman–Crippen MR) is 87.5 cm³/mol. The molecule has 0 aliphatic carbocycles. The third kappa shape index (κ3) is 3.23. The summed E-state index contributed by atoms with van der Waals surface area (Å²) in [7, 11) is 1.70. The summed E-state index contributed by atoms with van der Waals surface area (Å²) in [5.41, 5.74) is 3.18. The molecule has 0 unspecified atom stereocenters. The van der Waals surface area contributed by atoms with Crippen molar-refractivity contribution in [2.75, 3.05) is 44.7 Å². The lowest BCUT2D eigenvalue weighted by molar-refractivity contribution is -0.133. The smallest absolute Gasteiger partial charge is 0.317 e. The Hall–Kier alpha value is -2.31. The number of rotatable bonds is 2. The number of anilines is 1. The van der Waals surface area contributed by atoms with Crippen LogP contribution in [0.25, 0.3) is 0 Å². The number of hydrogen-bond donors (Lipinski definition) is 1. The second-order valence-corrected chi connectivity index (χ2v) is 6.30. The maximum atomic E-state index is 12.5. The number of pyridine rings is 1. The molecule has 1 aromatic heterocycles. The summed E-state index contributed by atoms with van der Waals surface area (Å²) in [6.07, 6.45) is 0. The van der Waals surface area contributed by atoms with Crippen LogP contribution >= 0.6 is 0 Å². The van der Waals surface area contributed by atoms with Crippen molar-refractivity contribution in [3.05, 3.63) is 23.5 Å². The third-order valence-electron chi connectivity index (χ3n) is 4.42. The zero-order valence-electron chi connectivity index (χ0n) is 13.9. The fourth-order valence-electron chi connectivity index (χ4n) is 3.20. The number of hydrogen-bond acceptors (Lipinski definition) is 4. The topological polar surface area (TPSA) is 68.8 Å². The number of carbonyl (C=O) groups is 2. The molecule has 124 valence electrons. The number of amides is 3. The average molecular weight is 317 g/mol. The number of carbonyl (C=O) groups excluding carboxylic acids is 2. The van der Waals surface area contributed by atoms with Crippen molar-refractivity contribution in [1.82, 2.24) is 20.1 Å². The highest BCUT2D eigenvalue weighted by atomic mass is 16.2. The monoisotopic (exact) mass is 317 g/mol. The molecule has 0 aromatic carbocycles. The molecule has 1 N–H and O–H groups in total. The molecule has 0 bridgehead atoms. The van der Waals surface area contributed by atoms with Gasteiger partial charge < -0.3 is 20.0 Å². The molecular formula is C16H23N5O2. The van der Waals surface area contributed by atoms with Gasteiger partial charge in [0.1, 0.15) is 6.04 Å². The van der Waals surface area contributed by atoms with Gasteiger partial charge in [-0.3, -0.25) is 9.78 Å². The van der Waals surface area contributed by atoms with E-state index in [0.717, 1.165) is 30.2 Å². The van der Waals surface area contributed by atoms with Gasteiger partial charge in [0.15, 0.2) is 0 Å². The van der Waals surface area contributed by atoms with Crippen molar-refractivity contribution >= 4 is 17.6 Å². The van der Waals surface area contributed by atoms with Crippen LogP contribution in [0.15, 0.2) is 12.1 Å². The van der Waals surface area contributed by atoms with Crippen LogP contribution in [0.2, 0.25) is 0 Å². The van der Waals surface area contributed by atoms with E-state index in [4.69, 9.17) is 0 Å². The van der Waals surface area contributed by atoms with Crippen LogP contribution in [0.5, 0.6) is 0 Å². The Morgan fingerprint density at radius 3 is 2.30 bits per heavy atom. The molecule has 7 nitrogen and oxygen atoms in total. The standard InChI is InChI=1S/C16H23N5O2/c1-11-8-13(9-12(2)17-11)20-4-6-21(7-5-20)15(22)14-10-19(3)16(23)18-14/h8-9,14H,4-7,10H2,1-3H3,(H,18,23)/t14-/m1/s1. The largest absolute Gasteiger partial charge is 0.368 e. The van der Waals surface area contributed by atoms with Crippen LogP contribution in [-0.2, 0) is 4.79 Å². The van der Waals surface area contributed by atoms with E-state index in [2.05, 4.69) is 27.3 Å². The summed E-state index contributed by atoms with van der Waals surface area (Å²) in [5, 5.41) is 2.73. The third-order valence-corrected chi connectivity index (χ3v) is 4.42. The minimum absolute atomic E-state index is 0.0180. The highest BCUT2D eigenvalue weighted by Crippen LogP contribution is 2.19. The molecule has 7 heteroatoms. The summed E-state index contributed by atoms with van der Waals surface area (Å²) in [6.45, 7) is 7.38. The maximum Gasteiger partial charge on any atom is 0.317 e. The van der Waals surface area contributed by atoms with Crippen molar-refractivity contribution in [2.24, 2.45) is 0 Å². The predicted octanol–water partition coefficient (Wildman–Crippen LogP) is 0.371. The summed E-state index contributed by atoms with van der Waals surface area (Å²) in [4.78, 5) is 34.1. The van der Waals surface area contributed by atoms with Gasteiger partial charge in [-0.1, -0.05) is 0 Å². The van der Waals surface area contributed by atoms with Gasteiger partial charge in [0.05, 0.1) is 6.54 Å². The van der Waals surface area contributed by atoms with Crippen molar-refractivity contribution in [3.8, 4) is 0 Å². The van der Waals surface area contributed by atoms with Gasteiger partial charge in [-0.05, 0) is 26.0 Å². The lowest BCUT2D eigenvalue weighted by Gasteiger charge is -2.37. The van der Waals surface area contributed by atoms with Crippen LogP contribution in [0, 0.1) is 13.8 Å². The van der Waals surface area contributed by atoms with E-state index in [1.165, 1.54) is 0 Å². The minimum Gasteiger partial charge on any atom is -0.368 e. The first-order chi connectivity index (χ1) is 10.9. The number of aryl methyl sites for hydroxylation is 2. The van der Waals surface area contributed by atoms with E-state index >= 15 is 0 Å². The Morgan fingerprint density at radius 1 is 1.17 bits per heavy atom. The Labute approximate surface area is 136 Å². The van der Waals surface area contributed by atoms with Gasteiger partial charge in [0, 0.05) is 50.3 Å². The Bertz CT molecular complexity index is 605. The van der Waals surface area contributed by atoms with Gasteiger partial charge >= 0.3 is 6.03 Å². The quantitative estimate of drug-likeness (QED) is 0.856. The second-order valence-electron chi connectivity index (χ2n) is 6.30. The fourth-order valence-corrected chi connectivity index (χ4v) is 3.20. The number of aromatic nitrogens is 1. The van der Waals surface area contributed by atoms with Gasteiger partial charge in [0.25, 0.3) is 0 Å². The van der Waals surface area contributed by atoms with Gasteiger partial charge in [-0.15, -0.1) is 0 Å². The molecule has 23 heavy (non-hydrogen) atoms. The minimum atomic E-state index is -0.413. The molecule has 2 aliphatic rings. The van der Waals surface area contributed by atoms with Crippen LogP contribution < -0.4 is 10.2 Å². The summed E-state index contributed by atoms with van der Waals surface area (Å²) in [5.74, 6) is 0.0180. The van der Waals surface area contributed by atoms with Gasteiger partial charge in [-0.2, -0.15) is 0 Å². The van der Waals surface area contributed by atoms with Crippen LogP contribution in [0.1, 0.15) is 11.4 Å². The molecule has 3 amide bonds. The number of nitrogens with zero attached hydrogens (tertiary/aromatic N) is 4. The zero-order valence-corrected chi connectivity index (χ0v) is 13.9. The van der Waals surface area contributed by atoms with E-state index in [0.29, 0.717) is 19.6 Å².